The molecule has 5 heteroatoms. The number of aromatic nitrogens is 1. The van der Waals surface area contributed by atoms with E-state index in [4.69, 9.17) is 9.47 Å². The second-order valence-corrected chi connectivity index (χ2v) is 8.19. The Hall–Kier alpha value is -3.73. The Kier molecular flexibility index (Phi) is 4.03. The van der Waals surface area contributed by atoms with Gasteiger partial charge in [0, 0.05) is 28.7 Å². The number of nitrogens with one attached hydrogen (secondary N) is 1. The maximum absolute atomic E-state index is 13.6. The summed E-state index contributed by atoms with van der Waals surface area (Å²) in [5.41, 5.74) is 6.31. The van der Waals surface area contributed by atoms with Crippen LogP contribution >= 0.6 is 0 Å². The van der Waals surface area contributed by atoms with E-state index in [9.17, 15) is 4.79 Å². The lowest BCUT2D eigenvalue weighted by atomic mass is 9.91. The number of aryl methyl sites for hydroxylation is 1. The number of ether oxygens (including phenoxy) is 2. The lowest BCUT2D eigenvalue weighted by Gasteiger charge is -2.36. The number of aromatic amines is 1. The highest BCUT2D eigenvalue weighted by molar-refractivity contribution is 5.95. The molecule has 154 valence electrons. The van der Waals surface area contributed by atoms with Crippen molar-refractivity contribution in [1.29, 1.82) is 0 Å². The van der Waals surface area contributed by atoms with Crippen LogP contribution in [-0.4, -0.2) is 29.1 Å². The van der Waals surface area contributed by atoms with Crippen LogP contribution in [0.5, 0.6) is 11.5 Å². The maximum Gasteiger partial charge on any atom is 0.254 e. The van der Waals surface area contributed by atoms with E-state index >= 15 is 0 Å². The number of carbonyl (C=O) groups is 1. The van der Waals surface area contributed by atoms with E-state index in [0.29, 0.717) is 12.1 Å². The minimum absolute atomic E-state index is 0.0342. The topological polar surface area (TPSA) is 54.6 Å². The van der Waals surface area contributed by atoms with Crippen molar-refractivity contribution >= 4 is 16.8 Å². The number of nitrogens with zero attached hydrogens (tertiary/aromatic N) is 1. The first-order chi connectivity index (χ1) is 15.2. The Morgan fingerprint density at radius 3 is 2.68 bits per heavy atom. The quantitative estimate of drug-likeness (QED) is 0.506. The van der Waals surface area contributed by atoms with Gasteiger partial charge < -0.3 is 19.4 Å². The third-order valence-electron chi connectivity index (χ3n) is 6.31. The molecule has 3 heterocycles. The SMILES string of the molecule is Cc1ccc(C(=O)N2CCc3c([nH]c4ccccc34)C2c2ccc3c(c2)OCO3)cc1. The van der Waals surface area contributed by atoms with Crippen LogP contribution in [0.3, 0.4) is 0 Å². The summed E-state index contributed by atoms with van der Waals surface area (Å²) in [5.74, 6) is 1.50. The van der Waals surface area contributed by atoms with Crippen molar-refractivity contribution < 1.29 is 14.3 Å². The molecule has 0 fully saturated rings. The van der Waals surface area contributed by atoms with Gasteiger partial charge in [-0.3, -0.25) is 4.79 Å². The van der Waals surface area contributed by atoms with Crippen molar-refractivity contribution in [3.05, 3.63) is 94.7 Å². The van der Waals surface area contributed by atoms with Crippen LogP contribution in [-0.2, 0) is 6.42 Å². The first-order valence-corrected chi connectivity index (χ1v) is 10.6. The van der Waals surface area contributed by atoms with Gasteiger partial charge in [0.2, 0.25) is 6.79 Å². The van der Waals surface area contributed by atoms with E-state index < -0.39 is 0 Å². The normalized spacial score (nSPS) is 17.1. The predicted molar refractivity (Wildman–Crippen MR) is 119 cm³/mol. The summed E-state index contributed by atoms with van der Waals surface area (Å²) in [4.78, 5) is 19.2. The van der Waals surface area contributed by atoms with Crippen molar-refractivity contribution in [1.82, 2.24) is 9.88 Å². The number of hydrogen-bond acceptors (Lipinski definition) is 3. The van der Waals surface area contributed by atoms with Gasteiger partial charge in [-0.1, -0.05) is 42.0 Å². The van der Waals surface area contributed by atoms with Gasteiger partial charge in [-0.05, 0) is 54.8 Å². The highest BCUT2D eigenvalue weighted by Gasteiger charge is 2.35. The van der Waals surface area contributed by atoms with Gasteiger partial charge in [0.15, 0.2) is 11.5 Å². The molecule has 0 aliphatic carbocycles. The molecule has 1 aromatic heterocycles. The number of carbonyl (C=O) groups excluding carboxylic acids is 1. The molecule has 0 spiro atoms. The molecule has 1 unspecified atom stereocenters. The molecule has 1 amide bonds. The minimum Gasteiger partial charge on any atom is -0.454 e. The van der Waals surface area contributed by atoms with Crippen molar-refractivity contribution in [2.75, 3.05) is 13.3 Å². The van der Waals surface area contributed by atoms with Crippen LogP contribution in [0.1, 0.15) is 38.8 Å². The number of rotatable bonds is 2. The molecule has 6 rings (SSSR count). The van der Waals surface area contributed by atoms with Gasteiger partial charge in [0.25, 0.3) is 5.91 Å². The number of hydrogen-bond donors (Lipinski definition) is 1. The third kappa shape index (κ3) is 2.88. The largest absolute Gasteiger partial charge is 0.454 e. The molecule has 4 aromatic rings. The average Bonchev–Trinajstić information content (AvgIpc) is 3.42. The fraction of sp³-hybridized carbons (Fsp3) is 0.192. The van der Waals surface area contributed by atoms with Crippen LogP contribution in [0, 0.1) is 6.92 Å². The van der Waals surface area contributed by atoms with E-state index in [1.165, 1.54) is 10.9 Å². The molecule has 5 nitrogen and oxygen atoms in total. The van der Waals surface area contributed by atoms with E-state index in [0.717, 1.165) is 40.3 Å². The van der Waals surface area contributed by atoms with Crippen LogP contribution in [0.25, 0.3) is 10.9 Å². The second kappa shape index (κ2) is 6.91. The lowest BCUT2D eigenvalue weighted by molar-refractivity contribution is 0.0691. The Labute approximate surface area is 180 Å². The van der Waals surface area contributed by atoms with Crippen molar-refractivity contribution in [3.63, 3.8) is 0 Å². The summed E-state index contributed by atoms with van der Waals surface area (Å²) in [7, 11) is 0. The molecular weight excluding hydrogens is 388 g/mol. The summed E-state index contributed by atoms with van der Waals surface area (Å²) >= 11 is 0. The smallest absolute Gasteiger partial charge is 0.254 e. The molecule has 3 aromatic carbocycles. The first-order valence-electron chi connectivity index (χ1n) is 10.6. The van der Waals surface area contributed by atoms with Crippen LogP contribution in [0.2, 0.25) is 0 Å². The predicted octanol–water partition coefficient (Wildman–Crippen LogP) is 4.99. The zero-order chi connectivity index (χ0) is 20.9. The second-order valence-electron chi connectivity index (χ2n) is 8.19. The summed E-state index contributed by atoms with van der Waals surface area (Å²) in [6, 6.07) is 21.9. The van der Waals surface area contributed by atoms with Crippen LogP contribution < -0.4 is 9.47 Å². The standard InChI is InChI=1S/C26H22N2O3/c1-16-6-8-17(9-7-16)26(29)28-13-12-20-19-4-2-3-5-21(19)27-24(20)25(28)18-10-11-22-23(14-18)31-15-30-22/h2-11,14,25,27H,12-13,15H2,1H3. The van der Waals surface area contributed by atoms with Gasteiger partial charge in [-0.2, -0.15) is 0 Å². The Balaban J connectivity index is 1.51. The highest BCUT2D eigenvalue weighted by atomic mass is 16.7. The summed E-state index contributed by atoms with van der Waals surface area (Å²) in [5, 5.41) is 1.23. The number of fused-ring (bicyclic) bond motifs is 4. The van der Waals surface area contributed by atoms with Crippen LogP contribution in [0.4, 0.5) is 0 Å². The fourth-order valence-electron chi connectivity index (χ4n) is 4.75. The number of para-hydroxylation sites is 1. The molecule has 31 heavy (non-hydrogen) atoms. The molecule has 0 radical (unpaired) electrons. The zero-order valence-corrected chi connectivity index (χ0v) is 17.2. The Morgan fingerprint density at radius 2 is 1.81 bits per heavy atom. The Morgan fingerprint density at radius 1 is 1.00 bits per heavy atom. The van der Waals surface area contributed by atoms with Crippen molar-refractivity contribution in [2.24, 2.45) is 0 Å². The zero-order valence-electron chi connectivity index (χ0n) is 17.2. The number of benzene rings is 3. The molecule has 2 aliphatic rings. The van der Waals surface area contributed by atoms with E-state index in [1.807, 2.05) is 60.4 Å². The Bertz CT molecular complexity index is 1310. The maximum atomic E-state index is 13.6. The number of H-pyrrole nitrogens is 1. The third-order valence-corrected chi connectivity index (χ3v) is 6.31. The van der Waals surface area contributed by atoms with Crippen LogP contribution in [0.15, 0.2) is 66.7 Å². The van der Waals surface area contributed by atoms with Gasteiger partial charge in [-0.25, -0.2) is 0 Å². The lowest BCUT2D eigenvalue weighted by Crippen LogP contribution is -2.40. The summed E-state index contributed by atoms with van der Waals surface area (Å²) in [6.45, 7) is 2.91. The molecule has 0 saturated heterocycles. The molecule has 2 aliphatic heterocycles. The monoisotopic (exact) mass is 410 g/mol. The summed E-state index contributed by atoms with van der Waals surface area (Å²) < 4.78 is 11.1. The minimum atomic E-state index is -0.223. The molecule has 0 saturated carbocycles. The number of amides is 1. The molecule has 1 atom stereocenters. The van der Waals surface area contributed by atoms with E-state index in [1.54, 1.807) is 0 Å². The fourth-order valence-corrected chi connectivity index (χ4v) is 4.75. The van der Waals surface area contributed by atoms with E-state index in [-0.39, 0.29) is 18.7 Å². The van der Waals surface area contributed by atoms with Crippen molar-refractivity contribution in [2.45, 2.75) is 19.4 Å². The van der Waals surface area contributed by atoms with E-state index in [2.05, 4.69) is 23.2 Å². The van der Waals surface area contributed by atoms with Gasteiger partial charge in [-0.15, -0.1) is 0 Å². The highest BCUT2D eigenvalue weighted by Crippen LogP contribution is 2.42. The molecular formula is C26H22N2O3. The van der Waals surface area contributed by atoms with Gasteiger partial charge in [0.1, 0.15) is 0 Å². The summed E-state index contributed by atoms with van der Waals surface area (Å²) in [6.07, 6.45) is 0.817. The van der Waals surface area contributed by atoms with Crippen molar-refractivity contribution in [3.8, 4) is 11.5 Å². The van der Waals surface area contributed by atoms with Gasteiger partial charge in [0.05, 0.1) is 6.04 Å². The van der Waals surface area contributed by atoms with Gasteiger partial charge >= 0.3 is 0 Å². The average molecular weight is 410 g/mol. The first kappa shape index (κ1) is 18.1. The molecule has 0 bridgehead atoms. The molecule has 1 N–H and O–H groups in total.